The average Bonchev–Trinajstić information content (AvgIpc) is 2.70. The van der Waals surface area contributed by atoms with Gasteiger partial charge in [0.25, 0.3) is 0 Å². The molecule has 2 aromatic carbocycles. The van der Waals surface area contributed by atoms with Crippen molar-refractivity contribution in [2.75, 3.05) is 40.8 Å². The Morgan fingerprint density at radius 3 is 2.54 bits per heavy atom. The maximum Gasteiger partial charge on any atom is 0.243 e. The molecule has 2 unspecified atom stereocenters. The molecule has 0 bridgehead atoms. The summed E-state index contributed by atoms with van der Waals surface area (Å²) in [6.45, 7) is 1.08. The molecular formula is C21H28N2O4S. The Morgan fingerprint density at radius 2 is 1.89 bits per heavy atom. The Hall–Kier alpha value is -1.93. The second-order valence-corrected chi connectivity index (χ2v) is 9.48. The van der Waals surface area contributed by atoms with Crippen LogP contribution in [0.2, 0.25) is 0 Å². The van der Waals surface area contributed by atoms with Gasteiger partial charge in [-0.05, 0) is 50.3 Å². The van der Waals surface area contributed by atoms with Gasteiger partial charge >= 0.3 is 0 Å². The summed E-state index contributed by atoms with van der Waals surface area (Å²) in [4.78, 5) is 2.26. The quantitative estimate of drug-likeness (QED) is 0.799. The number of methoxy groups -OCH3 is 1. The van der Waals surface area contributed by atoms with Gasteiger partial charge in [0.1, 0.15) is 5.75 Å². The van der Waals surface area contributed by atoms with Crippen LogP contribution in [0.3, 0.4) is 0 Å². The van der Waals surface area contributed by atoms with Crippen molar-refractivity contribution in [3.8, 4) is 5.75 Å². The average molecular weight is 405 g/mol. The van der Waals surface area contributed by atoms with Crippen LogP contribution < -0.4 is 4.74 Å². The van der Waals surface area contributed by atoms with Crippen molar-refractivity contribution < 1.29 is 18.3 Å². The van der Waals surface area contributed by atoms with E-state index in [2.05, 4.69) is 0 Å². The number of hydrogen-bond acceptors (Lipinski definition) is 5. The van der Waals surface area contributed by atoms with Gasteiger partial charge in [0.2, 0.25) is 10.0 Å². The van der Waals surface area contributed by atoms with Crippen LogP contribution in [-0.4, -0.2) is 63.6 Å². The monoisotopic (exact) mass is 404 g/mol. The van der Waals surface area contributed by atoms with Crippen molar-refractivity contribution >= 4 is 10.0 Å². The second-order valence-electron chi connectivity index (χ2n) is 7.54. The van der Waals surface area contributed by atoms with E-state index in [9.17, 15) is 13.5 Å². The third-order valence-corrected chi connectivity index (χ3v) is 7.26. The first-order valence-corrected chi connectivity index (χ1v) is 10.8. The van der Waals surface area contributed by atoms with E-state index < -0.39 is 15.6 Å². The standard InChI is InChI=1S/C21H28N2O4S/c1-22(2)15-18-16-23(28(25,26)20-10-5-4-6-11-20)13-12-21(18,24)17-8-7-9-19(14-17)27-3/h4-11,14,18,24H,12-13,15-16H2,1-3H3. The van der Waals surface area contributed by atoms with Crippen molar-refractivity contribution in [3.05, 3.63) is 60.2 Å². The SMILES string of the molecule is COc1cccc(C2(O)CCN(S(=O)(=O)c3ccccc3)CC2CN(C)C)c1. The van der Waals surface area contributed by atoms with Crippen LogP contribution in [0, 0.1) is 5.92 Å². The number of aliphatic hydroxyl groups is 1. The van der Waals surface area contributed by atoms with Crippen LogP contribution in [0.5, 0.6) is 5.75 Å². The van der Waals surface area contributed by atoms with Crippen LogP contribution in [-0.2, 0) is 15.6 Å². The van der Waals surface area contributed by atoms with Gasteiger partial charge < -0.3 is 14.7 Å². The second kappa shape index (κ2) is 8.21. The molecule has 0 aromatic heterocycles. The van der Waals surface area contributed by atoms with E-state index in [0.29, 0.717) is 18.7 Å². The summed E-state index contributed by atoms with van der Waals surface area (Å²) < 4.78 is 33.0. The lowest BCUT2D eigenvalue weighted by Gasteiger charge is -2.45. The molecule has 1 heterocycles. The van der Waals surface area contributed by atoms with E-state index in [1.54, 1.807) is 37.4 Å². The van der Waals surface area contributed by atoms with E-state index in [1.807, 2.05) is 43.3 Å². The van der Waals surface area contributed by atoms with Gasteiger partial charge in [0, 0.05) is 25.6 Å². The first-order valence-electron chi connectivity index (χ1n) is 9.34. The summed E-state index contributed by atoms with van der Waals surface area (Å²) in [5, 5.41) is 11.6. The summed E-state index contributed by atoms with van der Waals surface area (Å²) in [6, 6.07) is 15.9. The zero-order valence-electron chi connectivity index (χ0n) is 16.6. The molecule has 0 amide bonds. The Morgan fingerprint density at radius 1 is 1.18 bits per heavy atom. The highest BCUT2D eigenvalue weighted by molar-refractivity contribution is 7.89. The molecule has 2 aromatic rings. The number of sulfonamides is 1. The molecule has 6 nitrogen and oxygen atoms in total. The van der Waals surface area contributed by atoms with Crippen LogP contribution in [0.1, 0.15) is 12.0 Å². The molecule has 1 aliphatic heterocycles. The maximum atomic E-state index is 13.1. The Bertz CT molecular complexity index is 902. The lowest BCUT2D eigenvalue weighted by molar-refractivity contribution is -0.0698. The van der Waals surface area contributed by atoms with Gasteiger partial charge in [0.15, 0.2) is 0 Å². The van der Waals surface area contributed by atoms with E-state index in [4.69, 9.17) is 4.74 Å². The Kier molecular flexibility index (Phi) is 6.09. The molecule has 0 radical (unpaired) electrons. The predicted molar refractivity (Wildman–Crippen MR) is 109 cm³/mol. The number of piperidine rings is 1. The lowest BCUT2D eigenvalue weighted by Crippen LogP contribution is -2.54. The lowest BCUT2D eigenvalue weighted by atomic mass is 9.76. The van der Waals surface area contributed by atoms with E-state index in [0.717, 1.165) is 5.56 Å². The summed E-state index contributed by atoms with van der Waals surface area (Å²) in [6.07, 6.45) is 0.324. The normalized spacial score (nSPS) is 23.7. The van der Waals surface area contributed by atoms with Gasteiger partial charge in [-0.1, -0.05) is 30.3 Å². The predicted octanol–water partition coefficient (Wildman–Crippen LogP) is 2.16. The number of rotatable bonds is 6. The molecule has 7 heteroatoms. The van der Waals surface area contributed by atoms with Gasteiger partial charge in [-0.3, -0.25) is 0 Å². The summed E-state index contributed by atoms with van der Waals surface area (Å²) in [7, 11) is 1.85. The van der Waals surface area contributed by atoms with Crippen molar-refractivity contribution in [1.29, 1.82) is 0 Å². The van der Waals surface area contributed by atoms with Gasteiger partial charge in [-0.25, -0.2) is 8.42 Å². The molecule has 2 atom stereocenters. The van der Waals surface area contributed by atoms with Crippen LogP contribution >= 0.6 is 0 Å². The molecule has 1 saturated heterocycles. The maximum absolute atomic E-state index is 13.1. The Labute approximate surface area is 167 Å². The summed E-state index contributed by atoms with van der Waals surface area (Å²) in [5.41, 5.74) is -0.364. The van der Waals surface area contributed by atoms with Gasteiger partial charge in [0.05, 0.1) is 17.6 Å². The fraction of sp³-hybridized carbons (Fsp3) is 0.429. The minimum absolute atomic E-state index is 0.253. The van der Waals surface area contributed by atoms with E-state index in [1.165, 1.54) is 4.31 Å². The highest BCUT2D eigenvalue weighted by Gasteiger charge is 2.46. The summed E-state index contributed by atoms with van der Waals surface area (Å²) in [5.74, 6) is 0.399. The molecule has 3 rings (SSSR count). The van der Waals surface area contributed by atoms with Crippen molar-refractivity contribution in [2.45, 2.75) is 16.9 Å². The summed E-state index contributed by atoms with van der Waals surface area (Å²) >= 11 is 0. The largest absolute Gasteiger partial charge is 0.497 e. The van der Waals surface area contributed by atoms with E-state index in [-0.39, 0.29) is 23.9 Å². The smallest absolute Gasteiger partial charge is 0.243 e. The number of benzene rings is 2. The third kappa shape index (κ3) is 4.07. The molecule has 1 aliphatic rings. The van der Waals surface area contributed by atoms with Gasteiger partial charge in [-0.2, -0.15) is 4.31 Å². The van der Waals surface area contributed by atoms with Crippen LogP contribution in [0.15, 0.2) is 59.5 Å². The number of nitrogens with zero attached hydrogens (tertiary/aromatic N) is 2. The zero-order chi connectivity index (χ0) is 20.4. The molecule has 1 fully saturated rings. The highest BCUT2D eigenvalue weighted by Crippen LogP contribution is 2.40. The highest BCUT2D eigenvalue weighted by atomic mass is 32.2. The number of hydrogen-bond donors (Lipinski definition) is 1. The Balaban J connectivity index is 1.94. The van der Waals surface area contributed by atoms with Crippen molar-refractivity contribution in [3.63, 3.8) is 0 Å². The molecule has 1 N–H and O–H groups in total. The fourth-order valence-corrected chi connectivity index (χ4v) is 5.38. The minimum Gasteiger partial charge on any atom is -0.497 e. The topological polar surface area (TPSA) is 70.1 Å². The van der Waals surface area contributed by atoms with Crippen molar-refractivity contribution in [1.82, 2.24) is 9.21 Å². The molecular weight excluding hydrogens is 376 g/mol. The molecule has 28 heavy (non-hydrogen) atoms. The first-order chi connectivity index (χ1) is 13.3. The van der Waals surface area contributed by atoms with E-state index >= 15 is 0 Å². The fourth-order valence-electron chi connectivity index (χ4n) is 3.87. The molecule has 0 saturated carbocycles. The molecule has 0 aliphatic carbocycles. The molecule has 0 spiro atoms. The van der Waals surface area contributed by atoms with Crippen molar-refractivity contribution in [2.24, 2.45) is 5.92 Å². The number of ether oxygens (including phenoxy) is 1. The first kappa shape index (κ1) is 20.8. The molecule has 152 valence electrons. The zero-order valence-corrected chi connectivity index (χ0v) is 17.4. The third-order valence-electron chi connectivity index (χ3n) is 5.38. The minimum atomic E-state index is -3.60. The van der Waals surface area contributed by atoms with Gasteiger partial charge in [-0.15, -0.1) is 0 Å². The van der Waals surface area contributed by atoms with Crippen LogP contribution in [0.25, 0.3) is 0 Å². The van der Waals surface area contributed by atoms with Crippen LogP contribution in [0.4, 0.5) is 0 Å².